The van der Waals surface area contributed by atoms with Crippen LogP contribution < -0.4 is 0 Å². The van der Waals surface area contributed by atoms with Gasteiger partial charge in [0.15, 0.2) is 5.78 Å². The van der Waals surface area contributed by atoms with Gasteiger partial charge in [-0.05, 0) is 36.8 Å². The quantitative estimate of drug-likeness (QED) is 0.624. The van der Waals surface area contributed by atoms with Gasteiger partial charge in [0.25, 0.3) is 0 Å². The summed E-state index contributed by atoms with van der Waals surface area (Å²) in [6.07, 6.45) is 0.865. The molecule has 0 bridgehead atoms. The number of carbonyl (C=O) groups is 2. The first-order valence-electron chi connectivity index (χ1n) is 7.79. The SMILES string of the molecule is O=C(OC[C@H]1CCOC1)c1ccccc1C(=O)c1ccc(F)cc1. The zero-order chi connectivity index (χ0) is 16.9. The molecule has 0 N–H and O–H groups in total. The highest BCUT2D eigenvalue weighted by Gasteiger charge is 2.22. The van der Waals surface area contributed by atoms with Crippen molar-refractivity contribution in [1.29, 1.82) is 0 Å². The smallest absolute Gasteiger partial charge is 0.338 e. The number of benzene rings is 2. The predicted octanol–water partition coefficient (Wildman–Crippen LogP) is 3.25. The number of hydrogen-bond acceptors (Lipinski definition) is 4. The van der Waals surface area contributed by atoms with E-state index in [1.54, 1.807) is 24.3 Å². The second-order valence-electron chi connectivity index (χ2n) is 5.71. The topological polar surface area (TPSA) is 52.6 Å². The van der Waals surface area contributed by atoms with E-state index in [-0.39, 0.29) is 29.4 Å². The highest BCUT2D eigenvalue weighted by molar-refractivity contribution is 6.14. The molecule has 1 fully saturated rings. The van der Waals surface area contributed by atoms with Gasteiger partial charge in [-0.2, -0.15) is 0 Å². The third-order valence-corrected chi connectivity index (χ3v) is 3.97. The lowest BCUT2D eigenvalue weighted by Crippen LogP contribution is -2.17. The van der Waals surface area contributed by atoms with E-state index in [0.29, 0.717) is 18.8 Å². The number of ether oxygens (including phenoxy) is 2. The molecule has 0 unspecified atom stereocenters. The van der Waals surface area contributed by atoms with E-state index >= 15 is 0 Å². The average Bonchev–Trinajstić information content (AvgIpc) is 3.13. The number of esters is 1. The summed E-state index contributed by atoms with van der Waals surface area (Å²) in [7, 11) is 0. The fourth-order valence-corrected chi connectivity index (χ4v) is 2.60. The zero-order valence-corrected chi connectivity index (χ0v) is 13.0. The number of halogens is 1. The molecular weight excluding hydrogens is 311 g/mol. The summed E-state index contributed by atoms with van der Waals surface area (Å²) < 4.78 is 23.6. The first-order chi connectivity index (χ1) is 11.6. The minimum absolute atomic E-state index is 0.203. The molecule has 0 radical (unpaired) electrons. The zero-order valence-electron chi connectivity index (χ0n) is 13.0. The Morgan fingerprint density at radius 3 is 2.46 bits per heavy atom. The standard InChI is InChI=1S/C19H17FO4/c20-15-7-5-14(6-8-15)18(21)16-3-1-2-4-17(16)19(22)24-12-13-9-10-23-11-13/h1-8,13H,9-12H2/t13-/m0/s1. The molecule has 0 aliphatic carbocycles. The molecule has 1 atom stereocenters. The maximum Gasteiger partial charge on any atom is 0.338 e. The Bertz CT molecular complexity index is 733. The largest absolute Gasteiger partial charge is 0.462 e. The van der Waals surface area contributed by atoms with Crippen LogP contribution >= 0.6 is 0 Å². The van der Waals surface area contributed by atoms with E-state index in [4.69, 9.17) is 9.47 Å². The van der Waals surface area contributed by atoms with Crippen LogP contribution in [-0.2, 0) is 9.47 Å². The summed E-state index contributed by atoms with van der Waals surface area (Å²) >= 11 is 0. The Morgan fingerprint density at radius 2 is 1.79 bits per heavy atom. The van der Waals surface area contributed by atoms with Crippen molar-refractivity contribution in [2.45, 2.75) is 6.42 Å². The molecule has 3 rings (SSSR count). The van der Waals surface area contributed by atoms with Gasteiger partial charge in [0.2, 0.25) is 0 Å². The minimum Gasteiger partial charge on any atom is -0.462 e. The third kappa shape index (κ3) is 3.68. The molecule has 1 aliphatic heterocycles. The molecular formula is C19H17FO4. The van der Waals surface area contributed by atoms with Crippen LogP contribution in [-0.4, -0.2) is 31.6 Å². The van der Waals surface area contributed by atoms with Gasteiger partial charge >= 0.3 is 5.97 Å². The van der Waals surface area contributed by atoms with Gasteiger partial charge < -0.3 is 9.47 Å². The minimum atomic E-state index is -0.534. The number of ketones is 1. The first kappa shape index (κ1) is 16.3. The summed E-state index contributed by atoms with van der Waals surface area (Å²) in [6.45, 7) is 1.54. The highest BCUT2D eigenvalue weighted by Crippen LogP contribution is 2.18. The number of carbonyl (C=O) groups excluding carboxylic acids is 2. The summed E-state index contributed by atoms with van der Waals surface area (Å²) in [4.78, 5) is 24.9. The van der Waals surface area contributed by atoms with E-state index in [0.717, 1.165) is 6.42 Å². The van der Waals surface area contributed by atoms with E-state index in [9.17, 15) is 14.0 Å². The van der Waals surface area contributed by atoms with Gasteiger partial charge in [0.1, 0.15) is 5.82 Å². The van der Waals surface area contributed by atoms with Gasteiger partial charge in [0, 0.05) is 23.7 Å². The summed E-state index contributed by atoms with van der Waals surface area (Å²) in [6, 6.07) is 11.7. The van der Waals surface area contributed by atoms with Gasteiger partial charge in [-0.15, -0.1) is 0 Å². The highest BCUT2D eigenvalue weighted by atomic mass is 19.1. The number of rotatable bonds is 5. The Kier molecular flexibility index (Phi) is 5.01. The van der Waals surface area contributed by atoms with Crippen molar-refractivity contribution in [2.75, 3.05) is 19.8 Å². The molecule has 2 aromatic carbocycles. The molecule has 1 saturated heterocycles. The number of hydrogen-bond donors (Lipinski definition) is 0. The fourth-order valence-electron chi connectivity index (χ4n) is 2.60. The first-order valence-corrected chi connectivity index (χ1v) is 7.79. The average molecular weight is 328 g/mol. The molecule has 0 aromatic heterocycles. The molecule has 2 aromatic rings. The van der Waals surface area contributed by atoms with Crippen molar-refractivity contribution < 1.29 is 23.5 Å². The van der Waals surface area contributed by atoms with E-state index in [1.165, 1.54) is 24.3 Å². The Labute approximate surface area is 139 Å². The maximum absolute atomic E-state index is 13.0. The van der Waals surface area contributed by atoms with Gasteiger partial charge in [-0.3, -0.25) is 4.79 Å². The van der Waals surface area contributed by atoms with Crippen LogP contribution in [0, 0.1) is 11.7 Å². The summed E-state index contributed by atoms with van der Waals surface area (Å²) in [5.74, 6) is -1.09. The molecule has 24 heavy (non-hydrogen) atoms. The van der Waals surface area contributed by atoms with Crippen LogP contribution in [0.15, 0.2) is 48.5 Å². The fraction of sp³-hybridized carbons (Fsp3) is 0.263. The monoisotopic (exact) mass is 328 g/mol. The molecule has 1 aliphatic rings. The van der Waals surface area contributed by atoms with Crippen molar-refractivity contribution in [3.8, 4) is 0 Å². The van der Waals surface area contributed by atoms with Crippen LogP contribution in [0.3, 0.4) is 0 Å². The van der Waals surface area contributed by atoms with Crippen molar-refractivity contribution in [3.63, 3.8) is 0 Å². The van der Waals surface area contributed by atoms with E-state index in [1.807, 2.05) is 0 Å². The predicted molar refractivity (Wildman–Crippen MR) is 85.5 cm³/mol. The van der Waals surface area contributed by atoms with E-state index in [2.05, 4.69) is 0 Å². The Balaban J connectivity index is 1.77. The molecule has 124 valence electrons. The molecule has 0 spiro atoms. The maximum atomic E-state index is 13.0. The lowest BCUT2D eigenvalue weighted by Gasteiger charge is -2.11. The van der Waals surface area contributed by atoms with Crippen LogP contribution in [0.1, 0.15) is 32.7 Å². The molecule has 4 nitrogen and oxygen atoms in total. The van der Waals surface area contributed by atoms with E-state index < -0.39 is 11.8 Å². The second-order valence-corrected chi connectivity index (χ2v) is 5.71. The van der Waals surface area contributed by atoms with Gasteiger partial charge in [-0.25, -0.2) is 9.18 Å². The molecule has 0 saturated carbocycles. The molecule has 5 heteroatoms. The lowest BCUT2D eigenvalue weighted by atomic mass is 9.98. The van der Waals surface area contributed by atoms with Crippen molar-refractivity contribution in [1.82, 2.24) is 0 Å². The van der Waals surface area contributed by atoms with Crippen LogP contribution in [0.2, 0.25) is 0 Å². The van der Waals surface area contributed by atoms with Crippen molar-refractivity contribution in [2.24, 2.45) is 5.92 Å². The van der Waals surface area contributed by atoms with Crippen LogP contribution in [0.5, 0.6) is 0 Å². The summed E-state index contributed by atoms with van der Waals surface area (Å²) in [5, 5.41) is 0. The van der Waals surface area contributed by atoms with Crippen molar-refractivity contribution in [3.05, 3.63) is 71.0 Å². The second kappa shape index (κ2) is 7.36. The molecule has 0 amide bonds. The summed E-state index contributed by atoms with van der Waals surface area (Å²) in [5.41, 5.74) is 0.781. The van der Waals surface area contributed by atoms with Crippen LogP contribution in [0.4, 0.5) is 4.39 Å². The normalized spacial score (nSPS) is 16.8. The molecule has 1 heterocycles. The van der Waals surface area contributed by atoms with Crippen LogP contribution in [0.25, 0.3) is 0 Å². The lowest BCUT2D eigenvalue weighted by molar-refractivity contribution is 0.0426. The Morgan fingerprint density at radius 1 is 1.08 bits per heavy atom. The van der Waals surface area contributed by atoms with Crippen molar-refractivity contribution >= 4 is 11.8 Å². The van der Waals surface area contributed by atoms with Gasteiger partial charge in [-0.1, -0.05) is 18.2 Å². The van der Waals surface area contributed by atoms with Gasteiger partial charge in [0.05, 0.1) is 18.8 Å². The third-order valence-electron chi connectivity index (χ3n) is 3.97. The Hall–Kier alpha value is -2.53.